The van der Waals surface area contributed by atoms with Gasteiger partial charge in [-0.05, 0) is 12.8 Å². The second-order valence-corrected chi connectivity index (χ2v) is 4.49. The van der Waals surface area contributed by atoms with Crippen molar-refractivity contribution in [2.75, 3.05) is 41.2 Å². The second-order valence-electron chi connectivity index (χ2n) is 4.49. The van der Waals surface area contributed by atoms with Crippen molar-refractivity contribution in [2.24, 2.45) is 0 Å². The molecule has 0 N–H and O–H groups in total. The van der Waals surface area contributed by atoms with E-state index in [1.54, 1.807) is 0 Å². The largest absolute Gasteiger partial charge is 1.00 e. The third-order valence-corrected chi connectivity index (χ3v) is 2.44. The molecule has 0 rings (SSSR count). The first kappa shape index (κ1) is 33.9. The Hall–Kier alpha value is -0.654. The van der Waals surface area contributed by atoms with Crippen molar-refractivity contribution in [1.29, 1.82) is 0 Å². The number of esters is 2. The van der Waals surface area contributed by atoms with Crippen LogP contribution in [0.4, 0.5) is 0 Å². The number of unbranched alkanes of at least 4 members (excludes halogenated alkanes) is 2. The van der Waals surface area contributed by atoms with Crippen molar-refractivity contribution >= 4 is 18.4 Å². The van der Waals surface area contributed by atoms with Gasteiger partial charge in [-0.15, -0.1) is 0 Å². The summed E-state index contributed by atoms with van der Waals surface area (Å²) >= 11 is 0. The van der Waals surface area contributed by atoms with Gasteiger partial charge < -0.3 is 28.8 Å². The van der Waals surface area contributed by atoms with Gasteiger partial charge in [-0.2, -0.15) is 0 Å². The molecular weight excluding hydrogens is 387 g/mol. The van der Waals surface area contributed by atoms with Crippen LogP contribution in [0, 0.1) is 0 Å². The molecule has 0 unspecified atom stereocenters. The van der Waals surface area contributed by atoms with Crippen LogP contribution in [-0.2, 0) is 38.1 Å². The fourth-order valence-electron chi connectivity index (χ4n) is 1.03. The average Bonchev–Trinajstić information content (AvgIpc) is 2.68. The Kier molecular flexibility index (Phi) is 37.8. The molecule has 27 heavy (non-hydrogen) atoms. The molecule has 154 valence electrons. The van der Waals surface area contributed by atoms with Gasteiger partial charge in [-0.1, -0.05) is 33.0 Å². The van der Waals surface area contributed by atoms with Crippen LogP contribution in [0.2, 0.25) is 0 Å². The van der Waals surface area contributed by atoms with Gasteiger partial charge in [-0.25, -0.2) is 9.59 Å². The molecule has 0 amide bonds. The topological polar surface area (TPSA) is 120 Å². The molecule has 9 nitrogen and oxygen atoms in total. The predicted octanol–water partition coefficient (Wildman–Crippen LogP) is -2.05. The van der Waals surface area contributed by atoms with Crippen LogP contribution in [0.25, 0.3) is 0 Å². The molecule has 10 heteroatoms. The minimum absolute atomic E-state index is 0. The Bertz CT molecular complexity index is 373. The van der Waals surface area contributed by atoms with Crippen LogP contribution in [0.1, 0.15) is 39.5 Å². The van der Waals surface area contributed by atoms with E-state index < -0.39 is 5.97 Å². The molecule has 0 radical (unpaired) electrons. The molecule has 0 spiro atoms. The number of carbonyl (C=O) groups is 3. The van der Waals surface area contributed by atoms with Crippen LogP contribution in [0.5, 0.6) is 0 Å². The first-order chi connectivity index (χ1) is 12.5. The summed E-state index contributed by atoms with van der Waals surface area (Å²) in [5, 5.41) is 10.2. The van der Waals surface area contributed by atoms with Crippen molar-refractivity contribution in [3.8, 4) is 0 Å². The van der Waals surface area contributed by atoms with Gasteiger partial charge in [0.2, 0.25) is 0 Å². The van der Waals surface area contributed by atoms with Crippen molar-refractivity contribution in [1.82, 2.24) is 0 Å². The minimum Gasteiger partial charge on any atom is -0.875 e. The Morgan fingerprint density at radius 3 is 1.85 bits per heavy atom. The van der Waals surface area contributed by atoms with Crippen molar-refractivity contribution in [3.05, 3.63) is 12.0 Å². The number of methoxy groups -OCH3 is 3. The number of carbonyl (C=O) groups excluding carboxylic acids is 3. The monoisotopic (exact) mass is 418 g/mol. The van der Waals surface area contributed by atoms with E-state index in [0.29, 0.717) is 25.9 Å². The fraction of sp³-hybridized carbons (Fsp3) is 0.706. The summed E-state index contributed by atoms with van der Waals surface area (Å²) in [4.78, 5) is 30.1. The maximum Gasteiger partial charge on any atom is 1.00 e. The SMILES string of the molecule is CCCCO/C(=C/[O-])C(=O)OC.CCCCOCC(=O)OC.COC=O.[K+]. The van der Waals surface area contributed by atoms with Gasteiger partial charge in [0.1, 0.15) is 6.61 Å². The van der Waals surface area contributed by atoms with Gasteiger partial charge in [0.05, 0.1) is 27.9 Å². The summed E-state index contributed by atoms with van der Waals surface area (Å²) in [7, 11) is 3.87. The van der Waals surface area contributed by atoms with Crippen molar-refractivity contribution < 1.29 is 94.6 Å². The zero-order chi connectivity index (χ0) is 20.6. The third-order valence-electron chi connectivity index (χ3n) is 2.44. The number of ether oxygens (including phenoxy) is 5. The zero-order valence-corrected chi connectivity index (χ0v) is 20.4. The Morgan fingerprint density at radius 1 is 0.963 bits per heavy atom. The van der Waals surface area contributed by atoms with Gasteiger partial charge in [0.15, 0.2) is 5.76 Å². The molecular formula is C17H31KO9. The first-order valence-electron chi connectivity index (χ1n) is 8.12. The maximum absolute atomic E-state index is 10.7. The molecule has 0 aliphatic carbocycles. The molecule has 0 aliphatic rings. The van der Waals surface area contributed by atoms with E-state index in [1.165, 1.54) is 21.3 Å². The van der Waals surface area contributed by atoms with Crippen molar-refractivity contribution in [3.63, 3.8) is 0 Å². The normalized spacial score (nSPS) is 9.15. The molecule has 0 aromatic carbocycles. The second kappa shape index (κ2) is 30.1. The molecule has 0 saturated heterocycles. The molecule has 0 aliphatic heterocycles. The number of hydrogen-bond acceptors (Lipinski definition) is 9. The average molecular weight is 419 g/mol. The molecule has 0 atom stereocenters. The minimum atomic E-state index is -0.721. The summed E-state index contributed by atoms with van der Waals surface area (Å²) in [6, 6.07) is 0. The Balaban J connectivity index is -0.000000160. The van der Waals surface area contributed by atoms with Crippen LogP contribution in [0.15, 0.2) is 12.0 Å². The van der Waals surface area contributed by atoms with E-state index in [-0.39, 0.29) is 69.7 Å². The molecule has 0 saturated carbocycles. The van der Waals surface area contributed by atoms with E-state index in [9.17, 15) is 14.7 Å². The summed E-state index contributed by atoms with van der Waals surface area (Å²) in [6.07, 6.45) is 4.21. The van der Waals surface area contributed by atoms with E-state index in [2.05, 4.69) is 21.1 Å². The maximum atomic E-state index is 10.7. The summed E-state index contributed by atoms with van der Waals surface area (Å²) in [5.41, 5.74) is 0. The Labute approximate surface area is 204 Å². The molecule has 0 fully saturated rings. The smallest absolute Gasteiger partial charge is 0.875 e. The van der Waals surface area contributed by atoms with Crippen LogP contribution < -0.4 is 56.5 Å². The van der Waals surface area contributed by atoms with E-state index in [1.807, 2.05) is 6.92 Å². The first-order valence-corrected chi connectivity index (χ1v) is 8.12. The molecule has 0 bridgehead atoms. The standard InChI is InChI=1S/C8H14O4.C7H14O3.C2H4O2.K/c1-3-4-5-12-7(6-9)8(10)11-2;1-3-4-5-10-6-7(8)9-2;1-4-2-3;/h6,9H,3-5H2,1-2H3;3-6H2,1-2H3;2H,1H3;/q;;;+1/p-1/b7-6+;;;. The van der Waals surface area contributed by atoms with Gasteiger partial charge in [-0.3, -0.25) is 4.79 Å². The number of hydrogen-bond donors (Lipinski definition) is 0. The quantitative estimate of drug-likeness (QED) is 0.0710. The predicted molar refractivity (Wildman–Crippen MR) is 91.8 cm³/mol. The van der Waals surface area contributed by atoms with Gasteiger partial charge in [0.25, 0.3) is 6.47 Å². The van der Waals surface area contributed by atoms with E-state index >= 15 is 0 Å². The molecule has 0 aromatic heterocycles. The zero-order valence-electron chi connectivity index (χ0n) is 17.3. The van der Waals surface area contributed by atoms with Gasteiger partial charge >= 0.3 is 63.3 Å². The van der Waals surface area contributed by atoms with Crippen molar-refractivity contribution in [2.45, 2.75) is 39.5 Å². The molecule has 0 heterocycles. The summed E-state index contributed by atoms with van der Waals surface area (Å²) in [5.74, 6) is -1.29. The van der Waals surface area contributed by atoms with E-state index in [0.717, 1.165) is 25.7 Å². The Morgan fingerprint density at radius 2 is 1.48 bits per heavy atom. The van der Waals surface area contributed by atoms with Crippen LogP contribution >= 0.6 is 0 Å². The van der Waals surface area contributed by atoms with Gasteiger partial charge in [0, 0.05) is 6.61 Å². The number of rotatable bonds is 11. The molecule has 0 aromatic rings. The van der Waals surface area contributed by atoms with Crippen LogP contribution in [-0.4, -0.2) is 59.6 Å². The van der Waals surface area contributed by atoms with Crippen LogP contribution in [0.3, 0.4) is 0 Å². The van der Waals surface area contributed by atoms with E-state index in [4.69, 9.17) is 14.3 Å². The summed E-state index contributed by atoms with van der Waals surface area (Å²) in [6.45, 7) is 5.53. The third kappa shape index (κ3) is 30.3. The fourth-order valence-corrected chi connectivity index (χ4v) is 1.03. The summed E-state index contributed by atoms with van der Waals surface area (Å²) < 4.78 is 22.3.